The highest BCUT2D eigenvalue weighted by atomic mass is 79.9. The minimum Gasteiger partial charge on any atom is -0.492 e. The second-order valence-electron chi connectivity index (χ2n) is 3.16. The van der Waals surface area contributed by atoms with E-state index < -0.39 is 0 Å². The van der Waals surface area contributed by atoms with Crippen molar-refractivity contribution in [1.82, 2.24) is 0 Å². The van der Waals surface area contributed by atoms with Gasteiger partial charge in [-0.25, -0.2) is 0 Å². The van der Waals surface area contributed by atoms with Gasteiger partial charge in [-0.3, -0.25) is 4.79 Å². The van der Waals surface area contributed by atoms with Crippen molar-refractivity contribution in [3.05, 3.63) is 28.4 Å². The molecule has 0 saturated carbocycles. The summed E-state index contributed by atoms with van der Waals surface area (Å²) in [6.07, 6.45) is 1.57. The molecule has 0 bridgehead atoms. The van der Waals surface area contributed by atoms with Gasteiger partial charge in [0.25, 0.3) is 0 Å². The first-order valence-corrected chi connectivity index (χ1v) is 5.19. The Morgan fingerprint density at radius 3 is 2.87 bits per heavy atom. The molecular formula is C11H9BrO3. The van der Waals surface area contributed by atoms with Gasteiger partial charge < -0.3 is 9.15 Å². The number of ketones is 1. The molecule has 0 aliphatic carbocycles. The van der Waals surface area contributed by atoms with Gasteiger partial charge in [0.1, 0.15) is 0 Å². The summed E-state index contributed by atoms with van der Waals surface area (Å²) in [6.45, 7) is 1.50. The fourth-order valence-electron chi connectivity index (χ4n) is 1.53. The van der Waals surface area contributed by atoms with E-state index in [0.717, 1.165) is 9.86 Å². The quantitative estimate of drug-likeness (QED) is 0.784. The maximum Gasteiger partial charge on any atom is 0.177 e. The Labute approximate surface area is 95.1 Å². The van der Waals surface area contributed by atoms with Crippen molar-refractivity contribution in [3.8, 4) is 5.75 Å². The van der Waals surface area contributed by atoms with Gasteiger partial charge in [-0.15, -0.1) is 0 Å². The van der Waals surface area contributed by atoms with Crippen molar-refractivity contribution in [3.63, 3.8) is 0 Å². The van der Waals surface area contributed by atoms with Crippen LogP contribution in [-0.2, 0) is 0 Å². The molecule has 0 unspecified atom stereocenters. The zero-order valence-electron chi connectivity index (χ0n) is 8.33. The average Bonchev–Trinajstić information content (AvgIpc) is 2.66. The van der Waals surface area contributed by atoms with Gasteiger partial charge >= 0.3 is 0 Å². The molecule has 4 heteroatoms. The van der Waals surface area contributed by atoms with Crippen LogP contribution in [0.4, 0.5) is 0 Å². The maximum atomic E-state index is 11.4. The lowest BCUT2D eigenvalue weighted by Gasteiger charge is -2.07. The lowest BCUT2D eigenvalue weighted by Crippen LogP contribution is -1.98. The van der Waals surface area contributed by atoms with E-state index in [2.05, 4.69) is 15.9 Å². The van der Waals surface area contributed by atoms with Gasteiger partial charge in [-0.05, 0) is 19.1 Å². The summed E-state index contributed by atoms with van der Waals surface area (Å²) < 4.78 is 11.3. The number of hydrogen-bond acceptors (Lipinski definition) is 3. The summed E-state index contributed by atoms with van der Waals surface area (Å²) in [5.41, 5.74) is 1.11. The van der Waals surface area contributed by atoms with E-state index in [4.69, 9.17) is 9.15 Å². The fourth-order valence-corrected chi connectivity index (χ4v) is 2.07. The molecule has 0 spiro atoms. The SMILES string of the molecule is COc1c(C(C)=O)cc(Br)c2ccoc12. The number of hydrogen-bond donors (Lipinski definition) is 0. The molecule has 0 radical (unpaired) electrons. The molecule has 0 aliphatic heterocycles. The number of methoxy groups -OCH3 is 1. The standard InChI is InChI=1S/C11H9BrO3/c1-6(13)8-5-9(12)7-3-4-15-11(7)10(8)14-2/h3-5H,1-2H3. The Hall–Kier alpha value is -1.29. The summed E-state index contributed by atoms with van der Waals surface area (Å²) in [4.78, 5) is 11.4. The zero-order valence-corrected chi connectivity index (χ0v) is 9.92. The number of carbonyl (C=O) groups excluding carboxylic acids is 1. The van der Waals surface area contributed by atoms with Crippen LogP contribution in [0.1, 0.15) is 17.3 Å². The van der Waals surface area contributed by atoms with Crippen LogP contribution in [0.5, 0.6) is 5.75 Å². The highest BCUT2D eigenvalue weighted by molar-refractivity contribution is 9.10. The first-order valence-electron chi connectivity index (χ1n) is 4.39. The Morgan fingerprint density at radius 2 is 2.27 bits per heavy atom. The van der Waals surface area contributed by atoms with Crippen LogP contribution in [0.15, 0.2) is 27.3 Å². The fraction of sp³-hybridized carbons (Fsp3) is 0.182. The monoisotopic (exact) mass is 268 g/mol. The van der Waals surface area contributed by atoms with E-state index in [0.29, 0.717) is 16.9 Å². The number of Topliss-reactive ketones (excluding diaryl/α,β-unsaturated/α-hetero) is 1. The third-order valence-corrected chi connectivity index (χ3v) is 2.88. The molecule has 1 aromatic heterocycles. The molecular weight excluding hydrogens is 260 g/mol. The second-order valence-corrected chi connectivity index (χ2v) is 4.01. The molecule has 2 aromatic rings. The van der Waals surface area contributed by atoms with Gasteiger partial charge in [0.15, 0.2) is 17.1 Å². The Morgan fingerprint density at radius 1 is 1.53 bits per heavy atom. The Balaban J connectivity index is 2.87. The van der Waals surface area contributed by atoms with Crippen LogP contribution in [0.25, 0.3) is 11.0 Å². The topological polar surface area (TPSA) is 39.4 Å². The van der Waals surface area contributed by atoms with E-state index in [1.54, 1.807) is 12.3 Å². The van der Waals surface area contributed by atoms with Gasteiger partial charge in [0.05, 0.1) is 18.9 Å². The third kappa shape index (κ3) is 1.55. The first kappa shape index (κ1) is 10.2. The number of carbonyl (C=O) groups is 1. The number of furan rings is 1. The number of benzene rings is 1. The number of rotatable bonds is 2. The largest absolute Gasteiger partial charge is 0.492 e. The number of fused-ring (bicyclic) bond motifs is 1. The van der Waals surface area contributed by atoms with Gasteiger partial charge in [-0.2, -0.15) is 0 Å². The van der Waals surface area contributed by atoms with Gasteiger partial charge in [-0.1, -0.05) is 15.9 Å². The van der Waals surface area contributed by atoms with E-state index in [1.807, 2.05) is 6.07 Å². The molecule has 1 aromatic carbocycles. The van der Waals surface area contributed by atoms with Crippen LogP contribution in [0.2, 0.25) is 0 Å². The van der Waals surface area contributed by atoms with Crippen molar-refractivity contribution in [1.29, 1.82) is 0 Å². The van der Waals surface area contributed by atoms with Crippen molar-refractivity contribution in [2.24, 2.45) is 0 Å². The van der Waals surface area contributed by atoms with Crippen LogP contribution < -0.4 is 4.74 Å². The average molecular weight is 269 g/mol. The predicted octanol–water partition coefficient (Wildman–Crippen LogP) is 3.41. The summed E-state index contributed by atoms with van der Waals surface area (Å²) in [5.74, 6) is 0.441. The van der Waals surface area contributed by atoms with Crippen LogP contribution in [0, 0.1) is 0 Å². The summed E-state index contributed by atoms with van der Waals surface area (Å²) in [6, 6.07) is 3.57. The molecule has 0 saturated heterocycles. The molecule has 0 fully saturated rings. The van der Waals surface area contributed by atoms with E-state index in [-0.39, 0.29) is 5.78 Å². The Bertz CT molecular complexity index is 528. The van der Waals surface area contributed by atoms with Gasteiger partial charge in [0, 0.05) is 9.86 Å². The molecule has 2 rings (SSSR count). The molecule has 15 heavy (non-hydrogen) atoms. The van der Waals surface area contributed by atoms with E-state index >= 15 is 0 Å². The summed E-state index contributed by atoms with van der Waals surface area (Å²) in [5, 5.41) is 0.900. The minimum absolute atomic E-state index is 0.0501. The van der Waals surface area contributed by atoms with Crippen LogP contribution in [-0.4, -0.2) is 12.9 Å². The summed E-state index contributed by atoms with van der Waals surface area (Å²) >= 11 is 3.39. The van der Waals surface area contributed by atoms with Crippen molar-refractivity contribution in [2.45, 2.75) is 6.92 Å². The first-order chi connectivity index (χ1) is 7.15. The minimum atomic E-state index is -0.0501. The van der Waals surface area contributed by atoms with Crippen LogP contribution >= 0.6 is 15.9 Å². The van der Waals surface area contributed by atoms with Crippen molar-refractivity contribution >= 4 is 32.7 Å². The molecule has 0 atom stereocenters. The van der Waals surface area contributed by atoms with Crippen molar-refractivity contribution in [2.75, 3.05) is 7.11 Å². The zero-order chi connectivity index (χ0) is 11.0. The maximum absolute atomic E-state index is 11.4. The molecule has 78 valence electrons. The van der Waals surface area contributed by atoms with Gasteiger partial charge in [0.2, 0.25) is 0 Å². The van der Waals surface area contributed by atoms with E-state index in [9.17, 15) is 4.79 Å². The Kier molecular flexibility index (Phi) is 2.52. The molecule has 0 N–H and O–H groups in total. The highest BCUT2D eigenvalue weighted by Crippen LogP contribution is 2.36. The van der Waals surface area contributed by atoms with Crippen molar-refractivity contribution < 1.29 is 13.9 Å². The number of ether oxygens (including phenoxy) is 1. The second kappa shape index (κ2) is 3.70. The molecule has 0 amide bonds. The highest BCUT2D eigenvalue weighted by Gasteiger charge is 2.16. The normalized spacial score (nSPS) is 10.6. The number of halogens is 1. The van der Waals surface area contributed by atoms with Crippen LogP contribution in [0.3, 0.4) is 0 Å². The predicted molar refractivity (Wildman–Crippen MR) is 60.5 cm³/mol. The third-order valence-electron chi connectivity index (χ3n) is 2.23. The van der Waals surface area contributed by atoms with E-state index in [1.165, 1.54) is 14.0 Å². The molecule has 3 nitrogen and oxygen atoms in total. The lowest BCUT2D eigenvalue weighted by atomic mass is 10.1. The molecule has 1 heterocycles. The molecule has 0 aliphatic rings. The smallest absolute Gasteiger partial charge is 0.177 e. The summed E-state index contributed by atoms with van der Waals surface area (Å²) in [7, 11) is 1.53. The lowest BCUT2D eigenvalue weighted by molar-refractivity contribution is 0.101.